The lowest BCUT2D eigenvalue weighted by Gasteiger charge is -2.37. The summed E-state index contributed by atoms with van der Waals surface area (Å²) in [6, 6.07) is 0.383. The van der Waals surface area contributed by atoms with E-state index in [0.717, 1.165) is 19.4 Å². The van der Waals surface area contributed by atoms with Crippen LogP contribution in [0.5, 0.6) is 0 Å². The van der Waals surface area contributed by atoms with E-state index in [1.165, 1.54) is 17.8 Å². The van der Waals surface area contributed by atoms with Gasteiger partial charge in [0.1, 0.15) is 5.51 Å². The summed E-state index contributed by atoms with van der Waals surface area (Å²) in [5, 5.41) is 11.0. The van der Waals surface area contributed by atoms with Gasteiger partial charge in [-0.25, -0.2) is 0 Å². The lowest BCUT2D eigenvalue weighted by atomic mass is 10.00. The Morgan fingerprint density at radius 2 is 2.41 bits per heavy atom. The zero-order valence-electron chi connectivity index (χ0n) is 10.2. The smallest absolute Gasteiger partial charge is 0.243 e. The van der Waals surface area contributed by atoms with E-state index in [0.29, 0.717) is 11.2 Å². The van der Waals surface area contributed by atoms with Gasteiger partial charge in [-0.2, -0.15) is 0 Å². The van der Waals surface area contributed by atoms with Gasteiger partial charge < -0.3 is 0 Å². The number of likely N-dealkylation sites (tertiary alicyclic amines) is 1. The van der Waals surface area contributed by atoms with Gasteiger partial charge in [0.05, 0.1) is 6.04 Å². The van der Waals surface area contributed by atoms with Gasteiger partial charge in [-0.3, -0.25) is 15.0 Å². The van der Waals surface area contributed by atoms with Gasteiger partial charge in [-0.1, -0.05) is 17.8 Å². The van der Waals surface area contributed by atoms with Crippen molar-refractivity contribution in [1.82, 2.24) is 15.1 Å². The largest absolute Gasteiger partial charge is 0.299 e. The molecule has 5 nitrogen and oxygen atoms in total. The van der Waals surface area contributed by atoms with Crippen molar-refractivity contribution in [3.63, 3.8) is 0 Å². The number of carbonyl (C=O) groups is 1. The predicted octanol–water partition coefficient (Wildman–Crippen LogP) is 1.74. The van der Waals surface area contributed by atoms with Gasteiger partial charge >= 0.3 is 0 Å². The number of nitrogens with one attached hydrogen (secondary N) is 1. The Morgan fingerprint density at radius 1 is 1.59 bits per heavy atom. The standard InChI is InChI=1S/C11H18N4OS/c1-8(2)15-6-4-3-5-9(15)10(16)13-11-14-12-7-17-11/h7-9H,3-6H2,1-2H3,(H,13,14,16). The fourth-order valence-corrected chi connectivity index (χ4v) is 2.72. The molecule has 1 atom stereocenters. The van der Waals surface area contributed by atoms with Crippen LogP contribution in [0.4, 0.5) is 5.13 Å². The second-order valence-electron chi connectivity index (χ2n) is 4.58. The number of piperidine rings is 1. The van der Waals surface area contributed by atoms with Crippen LogP contribution in [0, 0.1) is 0 Å². The minimum atomic E-state index is -0.0207. The summed E-state index contributed by atoms with van der Waals surface area (Å²) in [5.41, 5.74) is 1.62. The van der Waals surface area contributed by atoms with Crippen LogP contribution in [-0.4, -0.2) is 39.6 Å². The monoisotopic (exact) mass is 254 g/mol. The molecular weight excluding hydrogens is 236 g/mol. The van der Waals surface area contributed by atoms with Crippen molar-refractivity contribution in [3.05, 3.63) is 5.51 Å². The average Bonchev–Trinajstić information content (AvgIpc) is 2.81. The number of nitrogens with zero attached hydrogens (tertiary/aromatic N) is 3. The molecule has 1 amide bonds. The van der Waals surface area contributed by atoms with Crippen molar-refractivity contribution >= 4 is 22.4 Å². The van der Waals surface area contributed by atoms with E-state index in [1.54, 1.807) is 5.51 Å². The third-order valence-corrected chi connectivity index (χ3v) is 3.71. The van der Waals surface area contributed by atoms with Crippen LogP contribution >= 0.6 is 11.3 Å². The maximum absolute atomic E-state index is 12.2. The molecule has 0 aromatic carbocycles. The van der Waals surface area contributed by atoms with Crippen LogP contribution in [0.25, 0.3) is 0 Å². The molecule has 17 heavy (non-hydrogen) atoms. The Hall–Kier alpha value is -1.01. The van der Waals surface area contributed by atoms with E-state index in [4.69, 9.17) is 0 Å². The lowest BCUT2D eigenvalue weighted by Crippen LogP contribution is -2.50. The molecule has 1 fully saturated rings. The zero-order chi connectivity index (χ0) is 12.3. The molecule has 0 bridgehead atoms. The molecule has 1 N–H and O–H groups in total. The highest BCUT2D eigenvalue weighted by molar-refractivity contribution is 7.13. The van der Waals surface area contributed by atoms with Crippen LogP contribution in [-0.2, 0) is 4.79 Å². The molecular formula is C11H18N4OS. The average molecular weight is 254 g/mol. The van der Waals surface area contributed by atoms with Crippen LogP contribution < -0.4 is 5.32 Å². The highest BCUT2D eigenvalue weighted by Crippen LogP contribution is 2.21. The molecule has 1 aromatic rings. The van der Waals surface area contributed by atoms with Gasteiger partial charge in [0.15, 0.2) is 0 Å². The second kappa shape index (κ2) is 5.55. The number of hydrogen-bond donors (Lipinski definition) is 1. The molecule has 0 spiro atoms. The number of rotatable bonds is 3. The summed E-state index contributed by atoms with van der Waals surface area (Å²) in [6.07, 6.45) is 3.24. The highest BCUT2D eigenvalue weighted by Gasteiger charge is 2.30. The molecule has 6 heteroatoms. The minimum Gasteiger partial charge on any atom is -0.299 e. The molecule has 1 aliphatic rings. The number of anilines is 1. The van der Waals surface area contributed by atoms with E-state index < -0.39 is 0 Å². The van der Waals surface area contributed by atoms with Gasteiger partial charge in [-0.05, 0) is 33.2 Å². The van der Waals surface area contributed by atoms with E-state index >= 15 is 0 Å². The molecule has 0 radical (unpaired) electrons. The van der Waals surface area contributed by atoms with E-state index in [-0.39, 0.29) is 11.9 Å². The first-order valence-corrected chi connectivity index (χ1v) is 6.89. The fraction of sp³-hybridized carbons (Fsp3) is 0.727. The summed E-state index contributed by atoms with van der Waals surface area (Å²) in [4.78, 5) is 14.4. The first-order chi connectivity index (χ1) is 8.18. The molecule has 2 rings (SSSR count). The topological polar surface area (TPSA) is 58.1 Å². The Labute approximate surface area is 105 Å². The predicted molar refractivity (Wildman–Crippen MR) is 68.0 cm³/mol. The van der Waals surface area contributed by atoms with Gasteiger partial charge in [0.25, 0.3) is 0 Å². The fourth-order valence-electron chi connectivity index (χ4n) is 2.27. The Bertz CT molecular complexity index is 366. The van der Waals surface area contributed by atoms with Crippen molar-refractivity contribution in [2.45, 2.75) is 45.2 Å². The number of amides is 1. The highest BCUT2D eigenvalue weighted by atomic mass is 32.1. The van der Waals surface area contributed by atoms with Crippen molar-refractivity contribution in [2.24, 2.45) is 0 Å². The maximum atomic E-state index is 12.2. The molecule has 1 unspecified atom stereocenters. The summed E-state index contributed by atoms with van der Waals surface area (Å²) >= 11 is 1.35. The number of carbonyl (C=O) groups excluding carboxylic acids is 1. The SMILES string of the molecule is CC(C)N1CCCCC1C(=O)Nc1nncs1. The van der Waals surface area contributed by atoms with Crippen molar-refractivity contribution < 1.29 is 4.79 Å². The Balaban J connectivity index is 2.01. The van der Waals surface area contributed by atoms with Crippen LogP contribution in [0.2, 0.25) is 0 Å². The molecule has 1 saturated heterocycles. The second-order valence-corrected chi connectivity index (χ2v) is 5.41. The first kappa shape index (κ1) is 12.4. The van der Waals surface area contributed by atoms with Gasteiger partial charge in [0.2, 0.25) is 11.0 Å². The van der Waals surface area contributed by atoms with Gasteiger partial charge in [-0.15, -0.1) is 10.2 Å². The molecule has 0 saturated carbocycles. The molecule has 94 valence electrons. The third kappa shape index (κ3) is 3.01. The number of hydrogen-bond acceptors (Lipinski definition) is 5. The summed E-state index contributed by atoms with van der Waals surface area (Å²) in [7, 11) is 0. The molecule has 0 aliphatic carbocycles. The quantitative estimate of drug-likeness (QED) is 0.892. The number of aromatic nitrogens is 2. The summed E-state index contributed by atoms with van der Waals surface area (Å²) in [6.45, 7) is 5.28. The third-order valence-electron chi connectivity index (χ3n) is 3.10. The van der Waals surface area contributed by atoms with Gasteiger partial charge in [0, 0.05) is 6.04 Å². The maximum Gasteiger partial charge on any atom is 0.243 e. The van der Waals surface area contributed by atoms with Crippen molar-refractivity contribution in [3.8, 4) is 0 Å². The summed E-state index contributed by atoms with van der Waals surface area (Å²) in [5.74, 6) is 0.0511. The Morgan fingerprint density at radius 3 is 3.06 bits per heavy atom. The van der Waals surface area contributed by atoms with E-state index in [9.17, 15) is 4.79 Å². The normalized spacial score (nSPS) is 21.7. The minimum absolute atomic E-state index is 0.0207. The van der Waals surface area contributed by atoms with Crippen molar-refractivity contribution in [2.75, 3.05) is 11.9 Å². The lowest BCUT2D eigenvalue weighted by molar-refractivity contribution is -0.123. The Kier molecular flexibility index (Phi) is 4.06. The van der Waals surface area contributed by atoms with Crippen LogP contribution in [0.15, 0.2) is 5.51 Å². The molecule has 2 heterocycles. The van der Waals surface area contributed by atoms with E-state index in [2.05, 4.69) is 34.3 Å². The molecule has 1 aliphatic heterocycles. The first-order valence-electron chi connectivity index (χ1n) is 6.01. The van der Waals surface area contributed by atoms with Crippen LogP contribution in [0.3, 0.4) is 0 Å². The summed E-state index contributed by atoms with van der Waals surface area (Å²) < 4.78 is 0. The molecule has 1 aromatic heterocycles. The zero-order valence-corrected chi connectivity index (χ0v) is 11.0. The van der Waals surface area contributed by atoms with E-state index in [1.807, 2.05) is 0 Å². The van der Waals surface area contributed by atoms with Crippen LogP contribution in [0.1, 0.15) is 33.1 Å². The van der Waals surface area contributed by atoms with Crippen molar-refractivity contribution in [1.29, 1.82) is 0 Å².